The van der Waals surface area contributed by atoms with E-state index in [2.05, 4.69) is 4.72 Å². The van der Waals surface area contributed by atoms with Crippen molar-refractivity contribution in [1.29, 1.82) is 0 Å². The molecule has 2 aromatic rings. The standard InChI is InChI=1S/C20H22F3N3O3S/c1-2-30(28,29)24-17-8-4-9-18(13-17)26-11-5-10-25(19(26)27)14-15-6-3-7-16(12-15)20(21,22)23/h3-4,6-9,12-13,24H,2,5,10-11,14H2,1H3. The number of hydrogen-bond donors (Lipinski definition) is 1. The summed E-state index contributed by atoms with van der Waals surface area (Å²) in [6.07, 6.45) is -3.81. The molecule has 0 atom stereocenters. The molecule has 10 heteroatoms. The number of alkyl halides is 3. The van der Waals surface area contributed by atoms with E-state index < -0.39 is 21.8 Å². The number of amides is 2. The fourth-order valence-electron chi connectivity index (χ4n) is 3.22. The second-order valence-corrected chi connectivity index (χ2v) is 8.97. The Bertz CT molecular complexity index is 1030. The number of carbonyl (C=O) groups excluding carboxylic acids is 1. The third-order valence-electron chi connectivity index (χ3n) is 4.75. The maximum atomic E-state index is 13.0. The van der Waals surface area contributed by atoms with Crippen LogP contribution in [0.2, 0.25) is 0 Å². The van der Waals surface area contributed by atoms with Crippen molar-refractivity contribution < 1.29 is 26.4 Å². The maximum Gasteiger partial charge on any atom is 0.416 e. The lowest BCUT2D eigenvalue weighted by Crippen LogP contribution is -2.49. The highest BCUT2D eigenvalue weighted by Gasteiger charge is 2.31. The van der Waals surface area contributed by atoms with Gasteiger partial charge in [-0.3, -0.25) is 9.62 Å². The van der Waals surface area contributed by atoms with Gasteiger partial charge in [0, 0.05) is 25.3 Å². The predicted octanol–water partition coefficient (Wildman–Crippen LogP) is 4.30. The summed E-state index contributed by atoms with van der Waals surface area (Å²) in [4.78, 5) is 15.9. The Hall–Kier alpha value is -2.75. The van der Waals surface area contributed by atoms with Crippen molar-refractivity contribution in [3.63, 3.8) is 0 Å². The van der Waals surface area contributed by atoms with Crippen LogP contribution in [0, 0.1) is 0 Å². The summed E-state index contributed by atoms with van der Waals surface area (Å²) >= 11 is 0. The zero-order chi connectivity index (χ0) is 21.9. The maximum absolute atomic E-state index is 13.0. The average Bonchev–Trinajstić information content (AvgIpc) is 2.69. The third kappa shape index (κ3) is 5.24. The van der Waals surface area contributed by atoms with E-state index in [1.54, 1.807) is 30.3 Å². The van der Waals surface area contributed by atoms with Crippen LogP contribution in [-0.2, 0) is 22.7 Å². The van der Waals surface area contributed by atoms with Crippen LogP contribution in [0.5, 0.6) is 0 Å². The van der Waals surface area contributed by atoms with Crippen LogP contribution in [0.25, 0.3) is 0 Å². The van der Waals surface area contributed by atoms with Gasteiger partial charge in [-0.1, -0.05) is 18.2 Å². The Morgan fingerprint density at radius 2 is 1.80 bits per heavy atom. The van der Waals surface area contributed by atoms with Crippen LogP contribution >= 0.6 is 0 Å². The van der Waals surface area contributed by atoms with Crippen LogP contribution in [0.15, 0.2) is 48.5 Å². The van der Waals surface area contributed by atoms with Gasteiger partial charge in [-0.05, 0) is 49.2 Å². The van der Waals surface area contributed by atoms with Crippen molar-refractivity contribution >= 4 is 27.4 Å². The summed E-state index contributed by atoms with van der Waals surface area (Å²) in [5, 5.41) is 0. The normalized spacial score (nSPS) is 15.4. The molecule has 1 N–H and O–H groups in total. The first-order chi connectivity index (χ1) is 14.1. The monoisotopic (exact) mass is 441 g/mol. The number of urea groups is 1. The summed E-state index contributed by atoms with van der Waals surface area (Å²) in [6.45, 7) is 2.43. The number of carbonyl (C=O) groups is 1. The van der Waals surface area contributed by atoms with Crippen molar-refractivity contribution in [1.82, 2.24) is 4.90 Å². The minimum Gasteiger partial charge on any atom is -0.320 e. The molecule has 30 heavy (non-hydrogen) atoms. The first-order valence-electron chi connectivity index (χ1n) is 9.42. The van der Waals surface area contributed by atoms with Gasteiger partial charge in [-0.2, -0.15) is 13.2 Å². The van der Waals surface area contributed by atoms with E-state index in [1.807, 2.05) is 0 Å². The highest BCUT2D eigenvalue weighted by molar-refractivity contribution is 7.92. The number of nitrogens with zero attached hydrogens (tertiary/aromatic N) is 2. The van der Waals surface area contributed by atoms with Gasteiger partial charge in [-0.25, -0.2) is 13.2 Å². The van der Waals surface area contributed by atoms with Crippen LogP contribution in [-0.4, -0.2) is 38.2 Å². The van der Waals surface area contributed by atoms with E-state index in [-0.39, 0.29) is 18.3 Å². The average molecular weight is 441 g/mol. The molecule has 2 amide bonds. The highest BCUT2D eigenvalue weighted by Crippen LogP contribution is 2.30. The van der Waals surface area contributed by atoms with Gasteiger partial charge < -0.3 is 4.90 Å². The Balaban J connectivity index is 1.78. The van der Waals surface area contributed by atoms with Gasteiger partial charge in [0.15, 0.2) is 0 Å². The van der Waals surface area contributed by atoms with Crippen LogP contribution in [0.1, 0.15) is 24.5 Å². The molecular formula is C20H22F3N3O3S. The summed E-state index contributed by atoms with van der Waals surface area (Å²) in [7, 11) is -3.46. The van der Waals surface area contributed by atoms with Crippen molar-refractivity contribution in [2.75, 3.05) is 28.5 Å². The minimum absolute atomic E-state index is 0.0570. The Kier molecular flexibility index (Phi) is 6.25. The van der Waals surface area contributed by atoms with Crippen molar-refractivity contribution in [3.8, 4) is 0 Å². The third-order valence-corrected chi connectivity index (χ3v) is 6.06. The largest absolute Gasteiger partial charge is 0.416 e. The SMILES string of the molecule is CCS(=O)(=O)Nc1cccc(N2CCCN(Cc3cccc(C(F)(F)F)c3)C2=O)c1. The number of sulfonamides is 1. The fraction of sp³-hybridized carbons (Fsp3) is 0.350. The molecular weight excluding hydrogens is 419 g/mol. The van der Waals surface area contributed by atoms with Crippen molar-refractivity contribution in [2.45, 2.75) is 26.1 Å². The van der Waals surface area contributed by atoms with Crippen LogP contribution < -0.4 is 9.62 Å². The molecule has 2 aromatic carbocycles. The topological polar surface area (TPSA) is 69.7 Å². The van der Waals surface area contributed by atoms with Gasteiger partial charge in [0.25, 0.3) is 0 Å². The summed E-state index contributed by atoms with van der Waals surface area (Å²) in [5.74, 6) is -0.0787. The number of hydrogen-bond acceptors (Lipinski definition) is 3. The van der Waals surface area contributed by atoms with Gasteiger partial charge in [-0.15, -0.1) is 0 Å². The Morgan fingerprint density at radius 3 is 2.50 bits per heavy atom. The van der Waals surface area contributed by atoms with E-state index in [0.29, 0.717) is 36.4 Å². The molecule has 1 fully saturated rings. The first kappa shape index (κ1) is 21.9. The summed E-state index contributed by atoms with van der Waals surface area (Å²) in [6, 6.07) is 11.1. The highest BCUT2D eigenvalue weighted by atomic mass is 32.2. The Morgan fingerprint density at radius 1 is 1.07 bits per heavy atom. The fourth-order valence-corrected chi connectivity index (χ4v) is 3.85. The molecule has 0 radical (unpaired) electrons. The first-order valence-corrected chi connectivity index (χ1v) is 11.1. The number of halogens is 3. The molecule has 0 unspecified atom stereocenters. The number of benzene rings is 2. The molecule has 0 aliphatic carbocycles. The van der Waals surface area contributed by atoms with Crippen molar-refractivity contribution in [2.24, 2.45) is 0 Å². The van der Waals surface area contributed by atoms with Gasteiger partial charge in [0.05, 0.1) is 17.0 Å². The minimum atomic E-state index is -4.44. The molecule has 3 rings (SSSR count). The zero-order valence-electron chi connectivity index (χ0n) is 16.3. The molecule has 0 bridgehead atoms. The second kappa shape index (κ2) is 8.55. The van der Waals surface area contributed by atoms with E-state index in [9.17, 15) is 26.4 Å². The predicted molar refractivity (Wildman–Crippen MR) is 109 cm³/mol. The number of nitrogens with one attached hydrogen (secondary N) is 1. The molecule has 0 saturated carbocycles. The molecule has 0 spiro atoms. The van der Waals surface area contributed by atoms with Gasteiger partial charge in [0.1, 0.15) is 0 Å². The van der Waals surface area contributed by atoms with Crippen molar-refractivity contribution in [3.05, 3.63) is 59.7 Å². The lowest BCUT2D eigenvalue weighted by molar-refractivity contribution is -0.137. The molecule has 1 aliphatic heterocycles. The molecule has 162 valence electrons. The summed E-state index contributed by atoms with van der Waals surface area (Å²) < 4.78 is 64.9. The van der Waals surface area contributed by atoms with E-state index in [1.165, 1.54) is 22.8 Å². The number of rotatable bonds is 6. The molecule has 0 aromatic heterocycles. The molecule has 1 heterocycles. The molecule has 1 aliphatic rings. The zero-order valence-corrected chi connectivity index (χ0v) is 17.1. The molecule has 6 nitrogen and oxygen atoms in total. The lowest BCUT2D eigenvalue weighted by atomic mass is 10.1. The van der Waals surface area contributed by atoms with E-state index in [0.717, 1.165) is 12.1 Å². The Labute approximate surface area is 173 Å². The van der Waals surface area contributed by atoms with Gasteiger partial charge in [0.2, 0.25) is 10.0 Å². The number of anilines is 2. The molecule has 1 saturated heterocycles. The van der Waals surface area contributed by atoms with E-state index in [4.69, 9.17) is 0 Å². The van der Waals surface area contributed by atoms with Gasteiger partial charge >= 0.3 is 12.2 Å². The lowest BCUT2D eigenvalue weighted by Gasteiger charge is -2.36. The van der Waals surface area contributed by atoms with Crippen LogP contribution in [0.4, 0.5) is 29.3 Å². The second-order valence-electron chi connectivity index (χ2n) is 6.96. The van der Waals surface area contributed by atoms with Crippen LogP contribution in [0.3, 0.4) is 0 Å². The quantitative estimate of drug-likeness (QED) is 0.727. The smallest absolute Gasteiger partial charge is 0.320 e. The van der Waals surface area contributed by atoms with E-state index >= 15 is 0 Å². The summed E-state index contributed by atoms with van der Waals surface area (Å²) in [5.41, 5.74) is 0.504.